The molecule has 0 aliphatic carbocycles. The third-order valence-electron chi connectivity index (χ3n) is 1.49. The molecule has 0 saturated carbocycles. The summed E-state index contributed by atoms with van der Waals surface area (Å²) < 4.78 is 4.91. The molecule has 0 fully saturated rings. The highest BCUT2D eigenvalue weighted by Gasteiger charge is 2.02. The molecule has 0 spiro atoms. The molecule has 0 aromatic rings. The number of ether oxygens (including phenoxy) is 1. The summed E-state index contributed by atoms with van der Waals surface area (Å²) >= 11 is 0. The number of hydrogen-bond donors (Lipinski definition) is 3. The summed E-state index contributed by atoms with van der Waals surface area (Å²) in [5.74, 6) is 0. The fourth-order valence-electron chi connectivity index (χ4n) is 0.859. The average molecular weight is 178 g/mol. The lowest BCUT2D eigenvalue weighted by atomic mass is 10.2. The van der Waals surface area contributed by atoms with Crippen LogP contribution in [0.4, 0.5) is 0 Å². The van der Waals surface area contributed by atoms with Crippen molar-refractivity contribution >= 4 is 0 Å². The smallest absolute Gasteiger partial charge is 0.0773 e. The van der Waals surface area contributed by atoms with E-state index in [0.29, 0.717) is 6.42 Å². The summed E-state index contributed by atoms with van der Waals surface area (Å²) in [6.45, 7) is 0.705. The van der Waals surface area contributed by atoms with Crippen LogP contribution in [0.3, 0.4) is 0 Å². The van der Waals surface area contributed by atoms with Crippen LogP contribution in [-0.2, 0) is 4.74 Å². The van der Waals surface area contributed by atoms with E-state index in [1.807, 2.05) is 0 Å². The van der Waals surface area contributed by atoms with Gasteiger partial charge in [0.05, 0.1) is 25.9 Å². The van der Waals surface area contributed by atoms with Crippen LogP contribution in [0.15, 0.2) is 0 Å². The van der Waals surface area contributed by atoms with Gasteiger partial charge in [0.25, 0.3) is 0 Å². The molecule has 1 atom stereocenters. The molecule has 74 valence electrons. The van der Waals surface area contributed by atoms with Gasteiger partial charge >= 0.3 is 0 Å². The molecule has 0 aromatic carbocycles. The van der Waals surface area contributed by atoms with E-state index in [0.717, 1.165) is 12.8 Å². The van der Waals surface area contributed by atoms with Gasteiger partial charge in [-0.15, -0.1) is 0 Å². The maximum Gasteiger partial charge on any atom is 0.0773 e. The molecular weight excluding hydrogens is 160 g/mol. The van der Waals surface area contributed by atoms with Gasteiger partial charge in [0, 0.05) is 6.61 Å². The predicted octanol–water partition coefficient (Wildman–Crippen LogP) is -0.481. The lowest BCUT2D eigenvalue weighted by Crippen LogP contribution is -2.16. The van der Waals surface area contributed by atoms with E-state index in [2.05, 4.69) is 0 Å². The van der Waals surface area contributed by atoms with Gasteiger partial charge < -0.3 is 20.1 Å². The molecule has 1 unspecified atom stereocenters. The first-order chi connectivity index (χ1) is 5.81. The fourth-order valence-corrected chi connectivity index (χ4v) is 0.859. The lowest BCUT2D eigenvalue weighted by molar-refractivity contribution is 0.0166. The molecule has 0 saturated heterocycles. The molecule has 0 amide bonds. The summed E-state index contributed by atoms with van der Waals surface area (Å²) in [5.41, 5.74) is 0. The Morgan fingerprint density at radius 3 is 2.42 bits per heavy atom. The minimum absolute atomic E-state index is 0.0106. The second-order valence-electron chi connectivity index (χ2n) is 2.67. The van der Waals surface area contributed by atoms with Gasteiger partial charge in [0.15, 0.2) is 0 Å². The number of unbranched alkanes of at least 4 members (excludes halogenated alkanes) is 1. The lowest BCUT2D eigenvalue weighted by Gasteiger charge is -2.09. The van der Waals surface area contributed by atoms with Gasteiger partial charge in [0.1, 0.15) is 0 Å². The van der Waals surface area contributed by atoms with Gasteiger partial charge in [-0.05, 0) is 19.3 Å². The zero-order chi connectivity index (χ0) is 9.23. The van der Waals surface area contributed by atoms with Gasteiger partial charge in [-0.2, -0.15) is 0 Å². The van der Waals surface area contributed by atoms with E-state index < -0.39 is 6.10 Å². The van der Waals surface area contributed by atoms with E-state index in [1.165, 1.54) is 0 Å². The van der Waals surface area contributed by atoms with Crippen molar-refractivity contribution in [1.82, 2.24) is 0 Å². The molecule has 0 aromatic heterocycles. The fraction of sp³-hybridized carbons (Fsp3) is 1.00. The summed E-state index contributed by atoms with van der Waals surface area (Å²) in [4.78, 5) is 0. The normalized spacial score (nSPS) is 13.2. The topological polar surface area (TPSA) is 69.9 Å². The highest BCUT2D eigenvalue weighted by atomic mass is 16.5. The molecule has 4 nitrogen and oxygen atoms in total. The number of hydrogen-bond acceptors (Lipinski definition) is 4. The Morgan fingerprint density at radius 1 is 1.08 bits per heavy atom. The van der Waals surface area contributed by atoms with Crippen LogP contribution in [0.1, 0.15) is 19.3 Å². The summed E-state index contributed by atoms with van der Waals surface area (Å²) in [6.07, 6.45) is 1.70. The van der Waals surface area contributed by atoms with E-state index in [4.69, 9.17) is 14.9 Å². The Hall–Kier alpha value is -0.160. The highest BCUT2D eigenvalue weighted by Crippen LogP contribution is 2.00. The zero-order valence-electron chi connectivity index (χ0n) is 7.28. The van der Waals surface area contributed by atoms with Crippen molar-refractivity contribution < 1.29 is 20.1 Å². The molecule has 12 heavy (non-hydrogen) atoms. The van der Waals surface area contributed by atoms with Crippen LogP contribution in [0, 0.1) is 0 Å². The largest absolute Gasteiger partial charge is 0.396 e. The first-order valence-electron chi connectivity index (χ1n) is 4.28. The molecule has 0 aliphatic heterocycles. The zero-order valence-corrected chi connectivity index (χ0v) is 7.28. The van der Waals surface area contributed by atoms with Crippen molar-refractivity contribution in [2.24, 2.45) is 0 Å². The van der Waals surface area contributed by atoms with Crippen LogP contribution < -0.4 is 0 Å². The minimum atomic E-state index is -0.469. The van der Waals surface area contributed by atoms with Gasteiger partial charge in [-0.1, -0.05) is 0 Å². The van der Waals surface area contributed by atoms with Crippen molar-refractivity contribution in [2.75, 3.05) is 26.4 Å². The van der Waals surface area contributed by atoms with E-state index in [1.54, 1.807) is 0 Å². The number of aliphatic hydroxyl groups is 3. The Bertz CT molecular complexity index is 77.1. The van der Waals surface area contributed by atoms with E-state index in [-0.39, 0.29) is 26.4 Å². The van der Waals surface area contributed by atoms with E-state index in [9.17, 15) is 5.11 Å². The molecule has 0 radical (unpaired) electrons. The summed E-state index contributed by atoms with van der Waals surface area (Å²) in [6, 6.07) is 0. The Kier molecular flexibility index (Phi) is 8.81. The monoisotopic (exact) mass is 178 g/mol. The quantitative estimate of drug-likeness (QED) is 0.439. The van der Waals surface area contributed by atoms with Gasteiger partial charge in [-0.3, -0.25) is 0 Å². The highest BCUT2D eigenvalue weighted by molar-refractivity contribution is 4.53. The average Bonchev–Trinajstić information content (AvgIpc) is 2.06. The maximum absolute atomic E-state index is 9.21. The van der Waals surface area contributed by atoms with Gasteiger partial charge in [-0.25, -0.2) is 0 Å². The van der Waals surface area contributed by atoms with E-state index >= 15 is 0 Å². The summed E-state index contributed by atoms with van der Waals surface area (Å²) in [7, 11) is 0. The third kappa shape index (κ3) is 7.94. The van der Waals surface area contributed by atoms with Crippen LogP contribution in [0.2, 0.25) is 0 Å². The van der Waals surface area contributed by atoms with Crippen LogP contribution in [0.25, 0.3) is 0 Å². The van der Waals surface area contributed by atoms with Crippen molar-refractivity contribution in [2.45, 2.75) is 25.4 Å². The molecule has 4 heteroatoms. The van der Waals surface area contributed by atoms with Crippen molar-refractivity contribution in [3.63, 3.8) is 0 Å². The maximum atomic E-state index is 9.21. The van der Waals surface area contributed by atoms with Crippen molar-refractivity contribution in [3.8, 4) is 0 Å². The number of rotatable bonds is 8. The standard InChI is InChI=1S/C8H18O4/c9-4-2-1-3-8(11)7-12-6-5-10/h8-11H,1-7H2. The van der Waals surface area contributed by atoms with Crippen molar-refractivity contribution in [3.05, 3.63) is 0 Å². The van der Waals surface area contributed by atoms with Gasteiger partial charge in [0.2, 0.25) is 0 Å². The Morgan fingerprint density at radius 2 is 1.83 bits per heavy atom. The van der Waals surface area contributed by atoms with Crippen LogP contribution in [-0.4, -0.2) is 47.9 Å². The first kappa shape index (κ1) is 11.8. The molecule has 0 rings (SSSR count). The van der Waals surface area contributed by atoms with Crippen molar-refractivity contribution in [1.29, 1.82) is 0 Å². The molecule has 0 aliphatic rings. The predicted molar refractivity (Wildman–Crippen MR) is 44.8 cm³/mol. The molecular formula is C8H18O4. The summed E-state index contributed by atoms with van der Waals surface area (Å²) in [5, 5.41) is 26.0. The Labute approximate surface area is 72.8 Å². The first-order valence-corrected chi connectivity index (χ1v) is 4.28. The second kappa shape index (κ2) is 8.93. The number of aliphatic hydroxyl groups excluding tert-OH is 3. The molecule has 0 heterocycles. The van der Waals surface area contributed by atoms with Crippen LogP contribution >= 0.6 is 0 Å². The minimum Gasteiger partial charge on any atom is -0.396 e. The second-order valence-corrected chi connectivity index (χ2v) is 2.67. The molecule has 0 bridgehead atoms. The Balaban J connectivity index is 3.04. The SMILES string of the molecule is OCCCCC(O)COCCO. The third-order valence-corrected chi connectivity index (χ3v) is 1.49. The molecule has 3 N–H and O–H groups in total. The van der Waals surface area contributed by atoms with Crippen LogP contribution in [0.5, 0.6) is 0 Å².